The molecule has 0 aliphatic carbocycles. The van der Waals surface area contributed by atoms with Crippen LogP contribution in [0.4, 0.5) is 0 Å². The van der Waals surface area contributed by atoms with Crippen LogP contribution >= 0.6 is 0 Å². The molecule has 0 amide bonds. The van der Waals surface area contributed by atoms with Gasteiger partial charge in [0.15, 0.2) is 5.75 Å². The highest BCUT2D eigenvalue weighted by Gasteiger charge is 2.23. The first kappa shape index (κ1) is 17.0. The highest BCUT2D eigenvalue weighted by Crippen LogP contribution is 2.16. The molecule has 0 radical (unpaired) electrons. The van der Waals surface area contributed by atoms with Gasteiger partial charge in [0.25, 0.3) is 0 Å². The standard InChI is InChI=1S/C17H28N2O3/c1-12(2)5-6-19-11-17(21)16(20)7-15(19)10-18-8-13(3)22-14(4)9-18/h7,11-14,21H,5-6,8-10H2,1-4H3. The fourth-order valence-electron chi connectivity index (χ4n) is 2.99. The normalized spacial score (nSPS) is 23.1. The molecule has 1 N–H and O–H groups in total. The molecule has 1 aliphatic rings. The maximum atomic E-state index is 11.8. The van der Waals surface area contributed by atoms with Crippen molar-refractivity contribution in [3.63, 3.8) is 0 Å². The molecule has 2 heterocycles. The van der Waals surface area contributed by atoms with Crippen molar-refractivity contribution in [3.8, 4) is 5.75 Å². The minimum atomic E-state index is -0.301. The first-order chi connectivity index (χ1) is 10.3. The summed E-state index contributed by atoms with van der Waals surface area (Å²) < 4.78 is 7.77. The van der Waals surface area contributed by atoms with Gasteiger partial charge in [-0.3, -0.25) is 9.69 Å². The molecular formula is C17H28N2O3. The monoisotopic (exact) mass is 308 g/mol. The van der Waals surface area contributed by atoms with Crippen molar-refractivity contribution >= 4 is 0 Å². The molecule has 0 bridgehead atoms. The Morgan fingerprint density at radius 2 is 1.95 bits per heavy atom. The average molecular weight is 308 g/mol. The maximum Gasteiger partial charge on any atom is 0.223 e. The molecule has 1 aliphatic heterocycles. The van der Waals surface area contributed by atoms with Gasteiger partial charge in [0, 0.05) is 37.9 Å². The predicted octanol–water partition coefficient (Wildman–Crippen LogP) is 2.21. The van der Waals surface area contributed by atoms with Crippen molar-refractivity contribution in [2.75, 3.05) is 13.1 Å². The van der Waals surface area contributed by atoms with Crippen LogP contribution in [0.2, 0.25) is 0 Å². The second-order valence-corrected chi connectivity index (χ2v) is 6.84. The van der Waals surface area contributed by atoms with E-state index in [1.807, 2.05) is 4.57 Å². The number of aromatic hydroxyl groups is 1. The molecular weight excluding hydrogens is 280 g/mol. The first-order valence-electron chi connectivity index (χ1n) is 8.15. The number of aryl methyl sites for hydroxylation is 1. The van der Waals surface area contributed by atoms with Gasteiger partial charge >= 0.3 is 0 Å². The minimum Gasteiger partial charge on any atom is -0.503 e. The molecule has 22 heavy (non-hydrogen) atoms. The number of nitrogens with zero attached hydrogens (tertiary/aromatic N) is 2. The highest BCUT2D eigenvalue weighted by molar-refractivity contribution is 5.20. The summed E-state index contributed by atoms with van der Waals surface area (Å²) in [5, 5.41) is 9.71. The fraction of sp³-hybridized carbons (Fsp3) is 0.706. The van der Waals surface area contributed by atoms with Crippen molar-refractivity contribution < 1.29 is 9.84 Å². The smallest absolute Gasteiger partial charge is 0.223 e. The predicted molar refractivity (Wildman–Crippen MR) is 87.1 cm³/mol. The van der Waals surface area contributed by atoms with Crippen molar-refractivity contribution in [2.45, 2.75) is 59.4 Å². The molecule has 5 heteroatoms. The van der Waals surface area contributed by atoms with Gasteiger partial charge < -0.3 is 14.4 Å². The van der Waals surface area contributed by atoms with Crippen LogP contribution in [0.5, 0.6) is 5.75 Å². The van der Waals surface area contributed by atoms with E-state index < -0.39 is 0 Å². The van der Waals surface area contributed by atoms with Crippen molar-refractivity contribution in [1.82, 2.24) is 9.47 Å². The largest absolute Gasteiger partial charge is 0.503 e. The number of morpholine rings is 1. The van der Waals surface area contributed by atoms with E-state index in [4.69, 9.17) is 4.74 Å². The first-order valence-corrected chi connectivity index (χ1v) is 8.15. The van der Waals surface area contributed by atoms with Gasteiger partial charge in [0.1, 0.15) is 0 Å². The second kappa shape index (κ2) is 7.29. The van der Waals surface area contributed by atoms with Crippen LogP contribution in [0.25, 0.3) is 0 Å². The van der Waals surface area contributed by atoms with Crippen LogP contribution in [0.3, 0.4) is 0 Å². The van der Waals surface area contributed by atoms with E-state index in [2.05, 4.69) is 32.6 Å². The molecule has 2 atom stereocenters. The lowest BCUT2D eigenvalue weighted by molar-refractivity contribution is -0.0710. The highest BCUT2D eigenvalue weighted by atomic mass is 16.5. The summed E-state index contributed by atoms with van der Waals surface area (Å²) in [6.45, 7) is 11.8. The van der Waals surface area contributed by atoms with Crippen LogP contribution in [-0.2, 0) is 17.8 Å². The summed E-state index contributed by atoms with van der Waals surface area (Å²) in [6.07, 6.45) is 3.01. The summed E-state index contributed by atoms with van der Waals surface area (Å²) in [6, 6.07) is 1.57. The molecule has 5 nitrogen and oxygen atoms in total. The summed E-state index contributed by atoms with van der Waals surface area (Å²) >= 11 is 0. The van der Waals surface area contributed by atoms with Crippen LogP contribution in [0.1, 0.15) is 39.8 Å². The third kappa shape index (κ3) is 4.58. The zero-order valence-corrected chi connectivity index (χ0v) is 14.1. The van der Waals surface area contributed by atoms with E-state index in [-0.39, 0.29) is 23.4 Å². The SMILES string of the molecule is CC(C)CCn1cc(O)c(=O)cc1CN1CC(C)OC(C)C1. The Morgan fingerprint density at radius 1 is 1.32 bits per heavy atom. The Balaban J connectivity index is 2.17. The molecule has 1 aromatic rings. The molecule has 124 valence electrons. The molecule has 1 aromatic heterocycles. The Kier molecular flexibility index (Phi) is 5.64. The number of aromatic nitrogens is 1. The quantitative estimate of drug-likeness (QED) is 0.906. The van der Waals surface area contributed by atoms with Gasteiger partial charge in [-0.2, -0.15) is 0 Å². The summed E-state index contributed by atoms with van der Waals surface area (Å²) in [5.74, 6) is 0.411. The van der Waals surface area contributed by atoms with Gasteiger partial charge in [-0.15, -0.1) is 0 Å². The summed E-state index contributed by atoms with van der Waals surface area (Å²) in [4.78, 5) is 14.1. The van der Waals surface area contributed by atoms with E-state index >= 15 is 0 Å². The topological polar surface area (TPSA) is 54.7 Å². The minimum absolute atomic E-state index is 0.170. The van der Waals surface area contributed by atoms with Gasteiger partial charge in [0.05, 0.1) is 18.4 Å². The zero-order chi connectivity index (χ0) is 16.3. The number of hydrogen-bond donors (Lipinski definition) is 1. The van der Waals surface area contributed by atoms with E-state index in [0.29, 0.717) is 12.5 Å². The number of rotatable bonds is 5. The molecule has 0 spiro atoms. The lowest BCUT2D eigenvalue weighted by Crippen LogP contribution is -2.45. The van der Waals surface area contributed by atoms with Crippen molar-refractivity contribution in [1.29, 1.82) is 0 Å². The van der Waals surface area contributed by atoms with E-state index in [1.54, 1.807) is 12.3 Å². The lowest BCUT2D eigenvalue weighted by atomic mass is 10.1. The molecule has 0 saturated carbocycles. The molecule has 1 fully saturated rings. The average Bonchev–Trinajstić information content (AvgIpc) is 2.39. The zero-order valence-electron chi connectivity index (χ0n) is 14.1. The van der Waals surface area contributed by atoms with Gasteiger partial charge in [0.2, 0.25) is 5.43 Å². The van der Waals surface area contributed by atoms with E-state index in [1.165, 1.54) is 0 Å². The number of hydrogen-bond acceptors (Lipinski definition) is 4. The van der Waals surface area contributed by atoms with Crippen LogP contribution in [-0.4, -0.2) is 39.9 Å². The van der Waals surface area contributed by atoms with E-state index in [0.717, 1.165) is 31.7 Å². The molecule has 2 unspecified atom stereocenters. The Morgan fingerprint density at radius 3 is 2.55 bits per heavy atom. The molecule has 1 saturated heterocycles. The summed E-state index contributed by atoms with van der Waals surface area (Å²) in [5.41, 5.74) is 0.662. The molecule has 2 rings (SSSR count). The lowest BCUT2D eigenvalue weighted by Gasteiger charge is -2.35. The third-order valence-electron chi connectivity index (χ3n) is 4.03. The van der Waals surface area contributed by atoms with Crippen LogP contribution in [0, 0.1) is 5.92 Å². The van der Waals surface area contributed by atoms with Crippen LogP contribution < -0.4 is 5.43 Å². The number of ether oxygens (including phenoxy) is 1. The Labute approximate surface area is 132 Å². The van der Waals surface area contributed by atoms with Crippen LogP contribution in [0.15, 0.2) is 17.1 Å². The Hall–Kier alpha value is -1.33. The van der Waals surface area contributed by atoms with Gasteiger partial charge in [-0.1, -0.05) is 13.8 Å². The third-order valence-corrected chi connectivity index (χ3v) is 4.03. The molecule has 0 aromatic carbocycles. The van der Waals surface area contributed by atoms with Crippen molar-refractivity contribution in [2.24, 2.45) is 5.92 Å². The maximum absolute atomic E-state index is 11.8. The Bertz CT molecular complexity index is 543. The summed E-state index contributed by atoms with van der Waals surface area (Å²) in [7, 11) is 0. The second-order valence-electron chi connectivity index (χ2n) is 6.84. The number of pyridine rings is 1. The van der Waals surface area contributed by atoms with Crippen molar-refractivity contribution in [3.05, 3.63) is 28.2 Å². The van der Waals surface area contributed by atoms with Gasteiger partial charge in [-0.25, -0.2) is 0 Å². The fourth-order valence-corrected chi connectivity index (χ4v) is 2.99. The van der Waals surface area contributed by atoms with Gasteiger partial charge in [-0.05, 0) is 26.2 Å². The van der Waals surface area contributed by atoms with E-state index in [9.17, 15) is 9.90 Å².